The predicted molar refractivity (Wildman–Crippen MR) is 132 cm³/mol. The molecule has 0 bridgehead atoms. The Hall–Kier alpha value is -2.99. The smallest absolute Gasteiger partial charge is 0.269 e. The molecule has 1 saturated carbocycles. The van der Waals surface area contributed by atoms with Gasteiger partial charge in [0, 0.05) is 11.7 Å². The third kappa shape index (κ3) is 5.50. The molecule has 1 atom stereocenters. The molecule has 1 N–H and O–H groups in total. The number of halogens is 1. The third-order valence-corrected chi connectivity index (χ3v) is 7.04. The standard InChI is InChI=1S/C27H29FN2O2S/c1-19-10-4-2-7-15-23(19)25(26(31)29-21-12-5-3-6-13-21)30(22-14-8-11-20(28)18-22)27(32)24-16-9-17-33-24/h4,7-11,14-18,21,25H,2-3,5-6,12-13H2,1H3,(H,29,31). The summed E-state index contributed by atoms with van der Waals surface area (Å²) in [5.41, 5.74) is 2.01. The number of amides is 2. The molecule has 2 amide bonds. The van der Waals surface area contributed by atoms with Gasteiger partial charge in [0.05, 0.1) is 4.88 Å². The SMILES string of the molecule is CC1=C(C(C(=O)NC2CCCCC2)N(C(=O)c2cccs2)c2cccc(F)c2)C=CCC=C1. The molecular weight excluding hydrogens is 435 g/mol. The van der Waals surface area contributed by atoms with E-state index in [0.29, 0.717) is 10.6 Å². The van der Waals surface area contributed by atoms with Crippen LogP contribution in [-0.4, -0.2) is 23.9 Å². The minimum absolute atomic E-state index is 0.0890. The van der Waals surface area contributed by atoms with Gasteiger partial charge in [0.15, 0.2) is 0 Å². The van der Waals surface area contributed by atoms with Gasteiger partial charge in [0.2, 0.25) is 5.91 Å². The first-order valence-corrected chi connectivity index (χ1v) is 12.4. The molecule has 1 aromatic heterocycles. The minimum atomic E-state index is -0.915. The maximum absolute atomic E-state index is 14.3. The zero-order valence-electron chi connectivity index (χ0n) is 18.8. The molecule has 6 heteroatoms. The summed E-state index contributed by atoms with van der Waals surface area (Å²) in [6, 6.07) is 8.62. The summed E-state index contributed by atoms with van der Waals surface area (Å²) < 4.78 is 14.3. The zero-order chi connectivity index (χ0) is 23.2. The summed E-state index contributed by atoms with van der Waals surface area (Å²) in [7, 11) is 0. The second-order valence-electron chi connectivity index (χ2n) is 8.56. The van der Waals surface area contributed by atoms with Crippen LogP contribution < -0.4 is 10.2 Å². The average molecular weight is 465 g/mol. The third-order valence-electron chi connectivity index (χ3n) is 6.18. The van der Waals surface area contributed by atoms with E-state index in [0.717, 1.165) is 43.3 Å². The first-order chi connectivity index (χ1) is 16.0. The van der Waals surface area contributed by atoms with Gasteiger partial charge in [-0.2, -0.15) is 0 Å². The largest absolute Gasteiger partial charge is 0.351 e. The number of carbonyl (C=O) groups excluding carboxylic acids is 2. The molecular formula is C27H29FN2O2S. The van der Waals surface area contributed by atoms with Crippen molar-refractivity contribution in [3.63, 3.8) is 0 Å². The molecule has 172 valence electrons. The highest BCUT2D eigenvalue weighted by molar-refractivity contribution is 7.12. The van der Waals surface area contributed by atoms with Crippen LogP contribution in [0.4, 0.5) is 10.1 Å². The highest BCUT2D eigenvalue weighted by atomic mass is 32.1. The molecule has 2 aromatic rings. The maximum Gasteiger partial charge on any atom is 0.269 e. The summed E-state index contributed by atoms with van der Waals surface area (Å²) in [5, 5.41) is 5.03. The Morgan fingerprint density at radius 2 is 1.88 bits per heavy atom. The second-order valence-corrected chi connectivity index (χ2v) is 9.50. The second kappa shape index (κ2) is 10.8. The molecule has 1 heterocycles. The van der Waals surface area contributed by atoms with Crippen LogP contribution in [0.5, 0.6) is 0 Å². The lowest BCUT2D eigenvalue weighted by molar-refractivity contribution is -0.122. The number of benzene rings is 1. The molecule has 1 unspecified atom stereocenters. The Bertz CT molecular complexity index is 1080. The molecule has 2 aliphatic rings. The van der Waals surface area contributed by atoms with Crippen LogP contribution >= 0.6 is 11.3 Å². The fourth-order valence-electron chi connectivity index (χ4n) is 4.51. The minimum Gasteiger partial charge on any atom is -0.351 e. The Morgan fingerprint density at radius 1 is 1.09 bits per heavy atom. The molecule has 4 nitrogen and oxygen atoms in total. The van der Waals surface area contributed by atoms with Gasteiger partial charge in [-0.25, -0.2) is 4.39 Å². The van der Waals surface area contributed by atoms with Crippen LogP contribution in [0.15, 0.2) is 77.2 Å². The van der Waals surface area contributed by atoms with Gasteiger partial charge >= 0.3 is 0 Å². The molecule has 0 saturated heterocycles. The summed E-state index contributed by atoms with van der Waals surface area (Å²) in [6.07, 6.45) is 13.9. The van der Waals surface area contributed by atoms with Crippen LogP contribution in [0.1, 0.15) is 55.1 Å². The fourth-order valence-corrected chi connectivity index (χ4v) is 5.17. The van der Waals surface area contributed by atoms with E-state index in [-0.39, 0.29) is 17.9 Å². The Balaban J connectivity index is 1.82. The number of anilines is 1. The summed E-state index contributed by atoms with van der Waals surface area (Å²) in [4.78, 5) is 29.6. The van der Waals surface area contributed by atoms with E-state index in [4.69, 9.17) is 0 Å². The molecule has 33 heavy (non-hydrogen) atoms. The van der Waals surface area contributed by atoms with Gasteiger partial charge in [-0.3, -0.25) is 14.5 Å². The number of nitrogens with zero attached hydrogens (tertiary/aromatic N) is 1. The van der Waals surface area contributed by atoms with Crippen molar-refractivity contribution in [2.45, 2.75) is 57.5 Å². The van der Waals surface area contributed by atoms with E-state index in [1.165, 1.54) is 34.8 Å². The van der Waals surface area contributed by atoms with Crippen molar-refractivity contribution in [1.82, 2.24) is 5.32 Å². The number of hydrogen-bond donors (Lipinski definition) is 1. The van der Waals surface area contributed by atoms with E-state index in [2.05, 4.69) is 5.32 Å². The number of rotatable bonds is 6. The van der Waals surface area contributed by atoms with Crippen molar-refractivity contribution in [3.05, 3.63) is 87.9 Å². The molecule has 2 aliphatic carbocycles. The Morgan fingerprint density at radius 3 is 2.61 bits per heavy atom. The maximum atomic E-state index is 14.3. The lowest BCUT2D eigenvalue weighted by atomic mass is 9.93. The number of nitrogens with one attached hydrogen (secondary N) is 1. The van der Waals surface area contributed by atoms with E-state index in [9.17, 15) is 14.0 Å². The summed E-state index contributed by atoms with van der Waals surface area (Å²) >= 11 is 1.31. The van der Waals surface area contributed by atoms with E-state index >= 15 is 0 Å². The number of carbonyl (C=O) groups is 2. The van der Waals surface area contributed by atoms with E-state index in [1.54, 1.807) is 24.3 Å². The summed E-state index contributed by atoms with van der Waals surface area (Å²) in [6.45, 7) is 1.95. The van der Waals surface area contributed by atoms with Gasteiger partial charge < -0.3 is 5.32 Å². The summed E-state index contributed by atoms with van der Waals surface area (Å²) in [5.74, 6) is -1.00. The van der Waals surface area contributed by atoms with E-state index in [1.807, 2.05) is 36.6 Å². The van der Waals surface area contributed by atoms with Crippen LogP contribution in [-0.2, 0) is 4.79 Å². The first-order valence-electron chi connectivity index (χ1n) is 11.5. The van der Waals surface area contributed by atoms with Crippen molar-refractivity contribution in [2.24, 2.45) is 0 Å². The fraction of sp³-hybridized carbons (Fsp3) is 0.333. The Labute approximate surface area is 198 Å². The quantitative estimate of drug-likeness (QED) is 0.555. The van der Waals surface area contributed by atoms with Gasteiger partial charge in [0.1, 0.15) is 11.9 Å². The molecule has 1 aromatic carbocycles. The van der Waals surface area contributed by atoms with Crippen LogP contribution in [0.25, 0.3) is 0 Å². The van der Waals surface area contributed by atoms with Crippen LogP contribution in [0, 0.1) is 5.82 Å². The van der Waals surface area contributed by atoms with Crippen molar-refractivity contribution in [1.29, 1.82) is 0 Å². The normalized spacial score (nSPS) is 17.5. The average Bonchev–Trinajstić information content (AvgIpc) is 3.27. The predicted octanol–water partition coefficient (Wildman–Crippen LogP) is 6.18. The molecule has 0 spiro atoms. The van der Waals surface area contributed by atoms with Crippen LogP contribution in [0.3, 0.4) is 0 Å². The van der Waals surface area contributed by atoms with Gasteiger partial charge in [0.25, 0.3) is 5.91 Å². The molecule has 4 rings (SSSR count). The van der Waals surface area contributed by atoms with Crippen molar-refractivity contribution in [2.75, 3.05) is 4.90 Å². The zero-order valence-corrected chi connectivity index (χ0v) is 19.6. The van der Waals surface area contributed by atoms with Crippen molar-refractivity contribution < 1.29 is 14.0 Å². The first kappa shape index (κ1) is 23.2. The monoisotopic (exact) mass is 464 g/mol. The lowest BCUT2D eigenvalue weighted by Crippen LogP contribution is -2.53. The number of allylic oxidation sites excluding steroid dienone is 4. The highest BCUT2D eigenvalue weighted by Crippen LogP contribution is 2.30. The lowest BCUT2D eigenvalue weighted by Gasteiger charge is -2.34. The van der Waals surface area contributed by atoms with Crippen molar-refractivity contribution >= 4 is 28.8 Å². The van der Waals surface area contributed by atoms with Gasteiger partial charge in [-0.15, -0.1) is 11.3 Å². The van der Waals surface area contributed by atoms with Gasteiger partial charge in [-0.05, 0) is 67.0 Å². The molecule has 0 radical (unpaired) electrons. The highest BCUT2D eigenvalue weighted by Gasteiger charge is 2.36. The van der Waals surface area contributed by atoms with E-state index < -0.39 is 11.9 Å². The molecule has 1 fully saturated rings. The van der Waals surface area contributed by atoms with Gasteiger partial charge in [-0.1, -0.05) is 55.7 Å². The Kier molecular flexibility index (Phi) is 7.55. The number of hydrogen-bond acceptors (Lipinski definition) is 3. The number of thiophene rings is 1. The van der Waals surface area contributed by atoms with Crippen LogP contribution in [0.2, 0.25) is 0 Å². The van der Waals surface area contributed by atoms with Crippen molar-refractivity contribution in [3.8, 4) is 0 Å². The molecule has 0 aliphatic heterocycles. The topological polar surface area (TPSA) is 49.4 Å².